The van der Waals surface area contributed by atoms with Crippen molar-refractivity contribution in [1.82, 2.24) is 4.98 Å². The predicted molar refractivity (Wildman–Crippen MR) is 104 cm³/mol. The summed E-state index contributed by atoms with van der Waals surface area (Å²) in [5.41, 5.74) is 2.98. The van der Waals surface area contributed by atoms with E-state index in [4.69, 9.17) is 16.3 Å². The van der Waals surface area contributed by atoms with Crippen LogP contribution < -0.4 is 10.1 Å². The lowest BCUT2D eigenvalue weighted by atomic mass is 10.1. The van der Waals surface area contributed by atoms with Gasteiger partial charge >= 0.3 is 0 Å². The molecule has 1 N–H and O–H groups in total. The highest BCUT2D eigenvalue weighted by atomic mass is 35.5. The molecule has 1 heterocycles. The van der Waals surface area contributed by atoms with Crippen molar-refractivity contribution in [3.63, 3.8) is 0 Å². The number of hydrogen-bond acceptors (Lipinski definition) is 3. The SMILES string of the molecule is COc1ccc2nc3cc(Cl)ccc3c(NCc3ccc(F)c(F)c3)c2c1. The molecule has 0 unspecified atom stereocenters. The fourth-order valence-electron chi connectivity index (χ4n) is 3.05. The topological polar surface area (TPSA) is 34.1 Å². The zero-order valence-electron chi connectivity index (χ0n) is 14.4. The molecule has 0 bridgehead atoms. The van der Waals surface area contributed by atoms with Crippen LogP contribution >= 0.6 is 11.6 Å². The van der Waals surface area contributed by atoms with E-state index >= 15 is 0 Å². The quantitative estimate of drug-likeness (QED) is 0.442. The number of ether oxygens (including phenoxy) is 1. The number of aromatic nitrogens is 1. The maximum atomic E-state index is 13.5. The number of methoxy groups -OCH3 is 1. The monoisotopic (exact) mass is 384 g/mol. The largest absolute Gasteiger partial charge is 0.497 e. The van der Waals surface area contributed by atoms with Gasteiger partial charge in [-0.3, -0.25) is 0 Å². The van der Waals surface area contributed by atoms with Crippen molar-refractivity contribution in [2.75, 3.05) is 12.4 Å². The van der Waals surface area contributed by atoms with Gasteiger partial charge in [0.2, 0.25) is 0 Å². The molecule has 0 amide bonds. The third kappa shape index (κ3) is 3.38. The zero-order chi connectivity index (χ0) is 19.0. The molecule has 6 heteroatoms. The summed E-state index contributed by atoms with van der Waals surface area (Å²) < 4.78 is 32.0. The Labute approximate surface area is 159 Å². The van der Waals surface area contributed by atoms with E-state index in [9.17, 15) is 8.78 Å². The van der Waals surface area contributed by atoms with Gasteiger partial charge in [-0.05, 0) is 54.1 Å². The summed E-state index contributed by atoms with van der Waals surface area (Å²) >= 11 is 6.12. The number of fused-ring (bicyclic) bond motifs is 2. The van der Waals surface area contributed by atoms with E-state index in [1.54, 1.807) is 25.3 Å². The van der Waals surface area contributed by atoms with Crippen LogP contribution in [0.2, 0.25) is 5.02 Å². The summed E-state index contributed by atoms with van der Waals surface area (Å²) in [5.74, 6) is -1.03. The number of nitrogens with zero attached hydrogens (tertiary/aromatic N) is 1. The Morgan fingerprint density at radius 2 is 1.78 bits per heavy atom. The third-order valence-corrected chi connectivity index (χ3v) is 4.63. The lowest BCUT2D eigenvalue weighted by molar-refractivity contribution is 0.415. The van der Waals surface area contributed by atoms with Gasteiger partial charge in [-0.1, -0.05) is 17.7 Å². The summed E-state index contributed by atoms with van der Waals surface area (Å²) in [5, 5.41) is 5.67. The van der Waals surface area contributed by atoms with E-state index in [0.29, 0.717) is 22.9 Å². The van der Waals surface area contributed by atoms with E-state index < -0.39 is 11.6 Å². The molecule has 1 aromatic heterocycles. The van der Waals surface area contributed by atoms with E-state index in [0.717, 1.165) is 33.6 Å². The minimum absolute atomic E-state index is 0.325. The standard InChI is InChI=1S/C21H15ClF2N2O/c1-27-14-4-7-19-16(10-14)21(15-5-3-13(22)9-20(15)26-19)25-11-12-2-6-17(23)18(24)8-12/h2-10H,11H2,1H3,(H,25,26). The molecule has 4 rings (SSSR count). The molecular formula is C21H15ClF2N2O. The molecule has 0 aliphatic rings. The molecule has 0 atom stereocenters. The smallest absolute Gasteiger partial charge is 0.159 e. The van der Waals surface area contributed by atoms with Crippen LogP contribution in [0, 0.1) is 11.6 Å². The molecule has 0 saturated carbocycles. The average molecular weight is 385 g/mol. The second-order valence-electron chi connectivity index (χ2n) is 6.13. The molecule has 0 radical (unpaired) electrons. The summed E-state index contributed by atoms with van der Waals surface area (Å²) in [6, 6.07) is 14.9. The predicted octanol–water partition coefficient (Wildman–Crippen LogP) is 5.94. The molecule has 3 aromatic carbocycles. The second-order valence-corrected chi connectivity index (χ2v) is 6.57. The third-order valence-electron chi connectivity index (χ3n) is 4.40. The van der Waals surface area contributed by atoms with E-state index in [2.05, 4.69) is 10.3 Å². The Morgan fingerprint density at radius 3 is 2.56 bits per heavy atom. The van der Waals surface area contributed by atoms with Crippen LogP contribution in [0.5, 0.6) is 5.75 Å². The van der Waals surface area contributed by atoms with Gasteiger partial charge in [-0.15, -0.1) is 0 Å². The van der Waals surface area contributed by atoms with Gasteiger partial charge in [0.05, 0.1) is 23.8 Å². The van der Waals surface area contributed by atoms with E-state index in [1.807, 2.05) is 24.3 Å². The molecule has 0 spiro atoms. The van der Waals surface area contributed by atoms with Gasteiger partial charge in [0.15, 0.2) is 11.6 Å². The number of halogens is 3. The van der Waals surface area contributed by atoms with Crippen molar-refractivity contribution in [2.45, 2.75) is 6.54 Å². The Morgan fingerprint density at radius 1 is 0.926 bits per heavy atom. The summed E-state index contributed by atoms with van der Waals surface area (Å²) in [4.78, 5) is 4.67. The molecule has 0 fully saturated rings. The first-order valence-corrected chi connectivity index (χ1v) is 8.68. The maximum absolute atomic E-state index is 13.5. The van der Waals surface area contributed by atoms with Gasteiger partial charge < -0.3 is 10.1 Å². The summed E-state index contributed by atoms with van der Waals surface area (Å²) in [7, 11) is 1.60. The molecule has 27 heavy (non-hydrogen) atoms. The number of rotatable bonds is 4. The number of hydrogen-bond donors (Lipinski definition) is 1. The van der Waals surface area contributed by atoms with E-state index in [1.165, 1.54) is 6.07 Å². The van der Waals surface area contributed by atoms with Crippen molar-refractivity contribution in [1.29, 1.82) is 0 Å². The van der Waals surface area contributed by atoms with Gasteiger partial charge in [-0.2, -0.15) is 0 Å². The van der Waals surface area contributed by atoms with Crippen LogP contribution in [0.25, 0.3) is 21.8 Å². The first-order chi connectivity index (χ1) is 13.0. The van der Waals surface area contributed by atoms with Crippen LogP contribution in [0.3, 0.4) is 0 Å². The van der Waals surface area contributed by atoms with Crippen molar-refractivity contribution in [2.24, 2.45) is 0 Å². The zero-order valence-corrected chi connectivity index (χ0v) is 15.1. The maximum Gasteiger partial charge on any atom is 0.159 e. The minimum atomic E-state index is -0.868. The summed E-state index contributed by atoms with van der Waals surface area (Å²) in [6.45, 7) is 0.325. The van der Waals surface area contributed by atoms with Gasteiger partial charge in [0.1, 0.15) is 5.75 Å². The van der Waals surface area contributed by atoms with Crippen molar-refractivity contribution in [3.8, 4) is 5.75 Å². The van der Waals surface area contributed by atoms with Crippen LogP contribution in [0.1, 0.15) is 5.56 Å². The molecule has 4 aromatic rings. The Hall–Kier alpha value is -2.92. The Balaban J connectivity index is 1.84. The molecule has 0 aliphatic heterocycles. The fraction of sp³-hybridized carbons (Fsp3) is 0.0952. The molecule has 0 aliphatic carbocycles. The highest BCUT2D eigenvalue weighted by Gasteiger charge is 2.11. The van der Waals surface area contributed by atoms with Crippen LogP contribution in [-0.2, 0) is 6.54 Å². The van der Waals surface area contributed by atoms with Gasteiger partial charge in [-0.25, -0.2) is 13.8 Å². The normalized spacial score (nSPS) is 11.1. The molecule has 3 nitrogen and oxygen atoms in total. The van der Waals surface area contributed by atoms with Gasteiger partial charge in [0, 0.05) is 22.3 Å². The first kappa shape index (κ1) is 17.5. The van der Waals surface area contributed by atoms with Crippen LogP contribution in [-0.4, -0.2) is 12.1 Å². The van der Waals surface area contributed by atoms with Crippen molar-refractivity contribution < 1.29 is 13.5 Å². The number of pyridine rings is 1. The van der Waals surface area contributed by atoms with Crippen molar-refractivity contribution >= 4 is 39.1 Å². The second kappa shape index (κ2) is 7.00. The molecule has 0 saturated heterocycles. The van der Waals surface area contributed by atoms with Crippen LogP contribution in [0.4, 0.5) is 14.5 Å². The minimum Gasteiger partial charge on any atom is -0.497 e. The lowest BCUT2D eigenvalue weighted by Gasteiger charge is -2.14. The molecule has 136 valence electrons. The average Bonchev–Trinajstić information content (AvgIpc) is 2.67. The van der Waals surface area contributed by atoms with E-state index in [-0.39, 0.29) is 0 Å². The highest BCUT2D eigenvalue weighted by Crippen LogP contribution is 2.34. The highest BCUT2D eigenvalue weighted by molar-refractivity contribution is 6.31. The number of benzene rings is 3. The Kier molecular flexibility index (Phi) is 4.54. The number of nitrogens with one attached hydrogen (secondary N) is 1. The Bertz CT molecular complexity index is 1160. The summed E-state index contributed by atoms with van der Waals surface area (Å²) in [6.07, 6.45) is 0. The fourth-order valence-corrected chi connectivity index (χ4v) is 3.22. The molecular weight excluding hydrogens is 370 g/mol. The first-order valence-electron chi connectivity index (χ1n) is 8.30. The lowest BCUT2D eigenvalue weighted by Crippen LogP contribution is -2.03. The number of anilines is 1. The van der Waals surface area contributed by atoms with Crippen molar-refractivity contribution in [3.05, 3.63) is 76.8 Å². The van der Waals surface area contributed by atoms with Gasteiger partial charge in [0.25, 0.3) is 0 Å². The van der Waals surface area contributed by atoms with Crippen LogP contribution in [0.15, 0.2) is 54.6 Å².